The van der Waals surface area contributed by atoms with E-state index in [0.717, 1.165) is 30.0 Å². The number of anilines is 2. The maximum Gasteiger partial charge on any atom is 0.573 e. The smallest absolute Gasteiger partial charge is 0.406 e. The molecule has 9 heteroatoms. The van der Waals surface area contributed by atoms with Crippen molar-refractivity contribution in [2.45, 2.75) is 39.0 Å². The van der Waals surface area contributed by atoms with E-state index in [9.17, 15) is 18.0 Å². The van der Waals surface area contributed by atoms with Crippen LogP contribution in [0.25, 0.3) is 11.1 Å². The lowest BCUT2D eigenvalue weighted by Crippen LogP contribution is -2.45. The van der Waals surface area contributed by atoms with Crippen LogP contribution < -0.4 is 14.5 Å². The molecule has 2 aromatic carbocycles. The Labute approximate surface area is 200 Å². The lowest BCUT2D eigenvalue weighted by Gasteiger charge is -2.36. The van der Waals surface area contributed by atoms with Crippen molar-refractivity contribution in [1.82, 2.24) is 4.98 Å². The minimum Gasteiger partial charge on any atom is -0.406 e. The molecule has 1 aromatic heterocycles. The molecule has 0 radical (unpaired) electrons. The zero-order chi connectivity index (χ0) is 24.7. The Kier molecular flexibility index (Phi) is 5.88. The third kappa shape index (κ3) is 4.81. The molecule has 6 nitrogen and oxygen atoms in total. The number of hydrogen-bond acceptors (Lipinski definition) is 5. The molecular weight excluding hydrogens is 459 g/mol. The number of amides is 1. The highest BCUT2D eigenvalue weighted by Crippen LogP contribution is 2.36. The van der Waals surface area contributed by atoms with Crippen molar-refractivity contribution < 1.29 is 27.4 Å². The van der Waals surface area contributed by atoms with E-state index >= 15 is 0 Å². The van der Waals surface area contributed by atoms with Crippen LogP contribution in [0.4, 0.5) is 24.7 Å². The van der Waals surface area contributed by atoms with Crippen LogP contribution in [0.1, 0.15) is 29.8 Å². The molecule has 0 aliphatic carbocycles. The Morgan fingerprint density at radius 3 is 2.29 bits per heavy atom. The summed E-state index contributed by atoms with van der Waals surface area (Å²) in [5, 5.41) is 0. The minimum absolute atomic E-state index is 0.113. The molecule has 0 spiro atoms. The predicted molar refractivity (Wildman–Crippen MR) is 126 cm³/mol. The summed E-state index contributed by atoms with van der Waals surface area (Å²) in [6.07, 6.45) is -2.82. The summed E-state index contributed by atoms with van der Waals surface area (Å²) in [7, 11) is 0. The number of benzene rings is 2. The Morgan fingerprint density at radius 2 is 1.66 bits per heavy atom. The van der Waals surface area contributed by atoms with Gasteiger partial charge in [-0.05, 0) is 60.9 Å². The molecule has 35 heavy (non-hydrogen) atoms. The standard InChI is InChI=1S/C26H24F3N3O3/c1-16-13-31(14-17(2)34-16)24-11-8-19(12-30-24)32-15-23-21(4-3-5-22(23)25(32)33)18-6-9-20(10-7-18)35-26(27,28)29/h3-12,16-17H,13-15H2,1-2H3/t16-,17+. The van der Waals surface area contributed by atoms with E-state index in [2.05, 4.69) is 14.6 Å². The average molecular weight is 483 g/mol. The van der Waals surface area contributed by atoms with Crippen molar-refractivity contribution in [1.29, 1.82) is 0 Å². The van der Waals surface area contributed by atoms with Gasteiger partial charge in [-0.3, -0.25) is 4.79 Å². The van der Waals surface area contributed by atoms with E-state index in [1.165, 1.54) is 12.1 Å². The van der Waals surface area contributed by atoms with Gasteiger partial charge in [-0.2, -0.15) is 0 Å². The van der Waals surface area contributed by atoms with Gasteiger partial charge in [-0.15, -0.1) is 13.2 Å². The number of pyridine rings is 1. The van der Waals surface area contributed by atoms with Crippen molar-refractivity contribution in [2.75, 3.05) is 22.9 Å². The molecule has 0 N–H and O–H groups in total. The fourth-order valence-corrected chi connectivity index (χ4v) is 4.74. The van der Waals surface area contributed by atoms with Crippen LogP contribution in [0.15, 0.2) is 60.8 Å². The van der Waals surface area contributed by atoms with Crippen LogP contribution in [0.2, 0.25) is 0 Å². The molecule has 3 heterocycles. The summed E-state index contributed by atoms with van der Waals surface area (Å²) < 4.78 is 47.2. The summed E-state index contributed by atoms with van der Waals surface area (Å²) in [5.74, 6) is 0.408. The molecule has 0 bridgehead atoms. The second kappa shape index (κ2) is 8.88. The van der Waals surface area contributed by atoms with Gasteiger partial charge in [0.1, 0.15) is 11.6 Å². The number of carbonyl (C=O) groups is 1. The number of alkyl halides is 3. The maximum atomic E-state index is 13.2. The second-order valence-electron chi connectivity index (χ2n) is 8.83. The lowest BCUT2D eigenvalue weighted by atomic mass is 9.97. The second-order valence-corrected chi connectivity index (χ2v) is 8.83. The quantitative estimate of drug-likeness (QED) is 0.496. The molecule has 3 aromatic rings. The normalized spacial score (nSPS) is 20.2. The van der Waals surface area contributed by atoms with Crippen LogP contribution in [-0.4, -0.2) is 42.6 Å². The lowest BCUT2D eigenvalue weighted by molar-refractivity contribution is -0.274. The van der Waals surface area contributed by atoms with Gasteiger partial charge in [0.05, 0.1) is 30.6 Å². The van der Waals surface area contributed by atoms with Gasteiger partial charge in [0, 0.05) is 18.7 Å². The van der Waals surface area contributed by atoms with E-state index in [-0.39, 0.29) is 23.9 Å². The van der Waals surface area contributed by atoms with Gasteiger partial charge in [0.2, 0.25) is 0 Å². The third-order valence-electron chi connectivity index (χ3n) is 6.15. The highest BCUT2D eigenvalue weighted by Gasteiger charge is 2.32. The monoisotopic (exact) mass is 483 g/mol. The minimum atomic E-state index is -4.75. The van der Waals surface area contributed by atoms with Gasteiger partial charge >= 0.3 is 6.36 Å². The molecule has 1 fully saturated rings. The van der Waals surface area contributed by atoms with E-state index in [1.54, 1.807) is 35.4 Å². The first-order chi connectivity index (χ1) is 16.7. The van der Waals surface area contributed by atoms with Crippen LogP contribution >= 0.6 is 0 Å². The van der Waals surface area contributed by atoms with Gasteiger partial charge in [-0.1, -0.05) is 24.3 Å². The number of carbonyl (C=O) groups excluding carboxylic acids is 1. The molecular formula is C26H24F3N3O3. The molecule has 182 valence electrons. The predicted octanol–water partition coefficient (Wildman–Crippen LogP) is 5.42. The molecule has 1 saturated heterocycles. The van der Waals surface area contributed by atoms with Crippen molar-refractivity contribution in [3.05, 3.63) is 71.9 Å². The van der Waals surface area contributed by atoms with Crippen molar-refractivity contribution in [3.8, 4) is 16.9 Å². The largest absolute Gasteiger partial charge is 0.573 e. The van der Waals surface area contributed by atoms with Gasteiger partial charge in [0.25, 0.3) is 5.91 Å². The zero-order valence-corrected chi connectivity index (χ0v) is 19.2. The summed E-state index contributed by atoms with van der Waals surface area (Å²) in [4.78, 5) is 21.6. The average Bonchev–Trinajstić information content (AvgIpc) is 3.15. The number of ether oxygens (including phenoxy) is 2. The fraction of sp³-hybridized carbons (Fsp3) is 0.308. The molecule has 0 unspecified atom stereocenters. The Morgan fingerprint density at radius 1 is 0.971 bits per heavy atom. The number of fused-ring (bicyclic) bond motifs is 1. The van der Waals surface area contributed by atoms with Crippen LogP contribution in [0, 0.1) is 0 Å². The van der Waals surface area contributed by atoms with Crippen molar-refractivity contribution >= 4 is 17.4 Å². The fourth-order valence-electron chi connectivity index (χ4n) is 4.74. The number of hydrogen-bond donors (Lipinski definition) is 0. The molecule has 2 aliphatic rings. The third-order valence-corrected chi connectivity index (χ3v) is 6.15. The summed E-state index contributed by atoms with van der Waals surface area (Å²) in [5.41, 5.74) is 3.57. The van der Waals surface area contributed by atoms with Crippen molar-refractivity contribution in [2.24, 2.45) is 0 Å². The topological polar surface area (TPSA) is 54.9 Å². The maximum absolute atomic E-state index is 13.2. The first kappa shape index (κ1) is 23.2. The number of halogens is 3. The zero-order valence-electron chi connectivity index (χ0n) is 19.2. The van der Waals surface area contributed by atoms with E-state index < -0.39 is 6.36 Å². The van der Waals surface area contributed by atoms with Crippen LogP contribution in [-0.2, 0) is 11.3 Å². The van der Waals surface area contributed by atoms with E-state index in [1.807, 2.05) is 32.0 Å². The Bertz CT molecular complexity index is 1220. The van der Waals surface area contributed by atoms with E-state index in [0.29, 0.717) is 23.4 Å². The molecule has 1 amide bonds. The summed E-state index contributed by atoms with van der Waals surface area (Å²) >= 11 is 0. The van der Waals surface area contributed by atoms with Crippen LogP contribution in [0.3, 0.4) is 0 Å². The SMILES string of the molecule is C[C@@H]1CN(c2ccc(N3Cc4c(cccc4-c4ccc(OC(F)(F)F)cc4)C3=O)cn2)C[C@H](C)O1. The van der Waals surface area contributed by atoms with Gasteiger partial charge in [0.15, 0.2) is 0 Å². The van der Waals surface area contributed by atoms with Gasteiger partial charge in [-0.25, -0.2) is 4.98 Å². The highest BCUT2D eigenvalue weighted by atomic mass is 19.4. The van der Waals surface area contributed by atoms with Crippen molar-refractivity contribution in [3.63, 3.8) is 0 Å². The number of morpholine rings is 1. The number of nitrogens with zero attached hydrogens (tertiary/aromatic N) is 3. The van der Waals surface area contributed by atoms with Crippen LogP contribution in [0.5, 0.6) is 5.75 Å². The number of aromatic nitrogens is 1. The first-order valence-corrected chi connectivity index (χ1v) is 11.3. The highest BCUT2D eigenvalue weighted by molar-refractivity contribution is 6.11. The Hall–Kier alpha value is -3.59. The first-order valence-electron chi connectivity index (χ1n) is 11.3. The Balaban J connectivity index is 1.37. The molecule has 2 aliphatic heterocycles. The molecule has 5 rings (SSSR count). The van der Waals surface area contributed by atoms with E-state index in [4.69, 9.17) is 4.74 Å². The molecule has 0 saturated carbocycles. The summed E-state index contributed by atoms with van der Waals surface area (Å²) in [6, 6.07) is 14.9. The summed E-state index contributed by atoms with van der Waals surface area (Å²) in [6.45, 7) is 5.91. The number of rotatable bonds is 4. The van der Waals surface area contributed by atoms with Gasteiger partial charge < -0.3 is 19.3 Å². The molecule has 2 atom stereocenters.